The van der Waals surface area contributed by atoms with Crippen LogP contribution in [0.4, 0.5) is 0 Å². The summed E-state index contributed by atoms with van der Waals surface area (Å²) in [5.74, 6) is 0. The predicted octanol–water partition coefficient (Wildman–Crippen LogP) is 1.55. The molecule has 0 radical (unpaired) electrons. The highest BCUT2D eigenvalue weighted by Crippen LogP contribution is 2.00. The van der Waals surface area contributed by atoms with Gasteiger partial charge in [0.2, 0.25) is 0 Å². The van der Waals surface area contributed by atoms with Crippen molar-refractivity contribution in [2.24, 2.45) is 0 Å². The molecule has 1 atom stereocenters. The number of aliphatic hydroxyl groups excluding tert-OH is 1. The van der Waals surface area contributed by atoms with Gasteiger partial charge in [-0.05, 0) is 27.2 Å². The van der Waals surface area contributed by atoms with E-state index in [9.17, 15) is 0 Å². The van der Waals surface area contributed by atoms with Crippen molar-refractivity contribution in [3.8, 4) is 0 Å². The molecule has 1 N–H and O–H groups in total. The molecule has 0 rings (SSSR count). The molecule has 1 unspecified atom stereocenters. The van der Waals surface area contributed by atoms with E-state index in [4.69, 9.17) is 14.6 Å². The molecule has 0 saturated carbocycles. The first-order valence-corrected chi connectivity index (χ1v) is 4.58. The molecule has 74 valence electrons. The number of hydrogen-bond donors (Lipinski definition) is 1. The minimum Gasteiger partial charge on any atom is -0.379 e. The maximum Gasteiger partial charge on any atom is 0.154 e. The zero-order chi connectivity index (χ0) is 9.40. The predicted molar refractivity (Wildman–Crippen MR) is 48.0 cm³/mol. The Hall–Kier alpha value is -0.120. The van der Waals surface area contributed by atoms with E-state index >= 15 is 0 Å². The van der Waals surface area contributed by atoms with Gasteiger partial charge < -0.3 is 14.6 Å². The Kier molecular flexibility index (Phi) is 7.45. The Balaban J connectivity index is 3.08. The van der Waals surface area contributed by atoms with Crippen molar-refractivity contribution >= 4 is 0 Å². The maximum atomic E-state index is 9.14. The van der Waals surface area contributed by atoms with Crippen LogP contribution >= 0.6 is 0 Å². The van der Waals surface area contributed by atoms with Crippen LogP contribution in [0.2, 0.25) is 0 Å². The van der Waals surface area contributed by atoms with Crippen LogP contribution < -0.4 is 0 Å². The molecule has 0 bridgehead atoms. The van der Waals surface area contributed by atoms with Crippen molar-refractivity contribution in [2.75, 3.05) is 13.2 Å². The molecule has 0 heterocycles. The van der Waals surface area contributed by atoms with Crippen LogP contribution in [0.1, 0.15) is 33.6 Å². The van der Waals surface area contributed by atoms with E-state index in [-0.39, 0.29) is 6.10 Å². The topological polar surface area (TPSA) is 38.7 Å². The van der Waals surface area contributed by atoms with Gasteiger partial charge in [0.15, 0.2) is 6.29 Å². The molecule has 0 amide bonds. The van der Waals surface area contributed by atoms with Crippen LogP contribution in [0.3, 0.4) is 0 Å². The van der Waals surface area contributed by atoms with Crippen LogP contribution in [0.25, 0.3) is 0 Å². The first kappa shape index (κ1) is 11.9. The Morgan fingerprint density at radius 1 is 1.25 bits per heavy atom. The first-order valence-electron chi connectivity index (χ1n) is 4.58. The summed E-state index contributed by atoms with van der Waals surface area (Å²) in [4.78, 5) is 0. The molecule has 0 spiro atoms. The van der Waals surface area contributed by atoms with E-state index in [0.717, 1.165) is 6.42 Å². The molecular formula is C9H20O3. The normalized spacial score (nSPS) is 13.8. The molecular weight excluding hydrogens is 156 g/mol. The van der Waals surface area contributed by atoms with Crippen LogP contribution in [-0.4, -0.2) is 30.7 Å². The van der Waals surface area contributed by atoms with Gasteiger partial charge in [-0.3, -0.25) is 0 Å². The molecule has 3 heteroatoms. The van der Waals surface area contributed by atoms with Gasteiger partial charge >= 0.3 is 0 Å². The number of rotatable bonds is 7. The fraction of sp³-hybridized carbons (Fsp3) is 1.00. The van der Waals surface area contributed by atoms with Crippen LogP contribution in [0, 0.1) is 0 Å². The Bertz CT molecular complexity index is 93.8. The van der Waals surface area contributed by atoms with Gasteiger partial charge in [-0.1, -0.05) is 0 Å². The lowest BCUT2D eigenvalue weighted by atomic mass is 10.3. The van der Waals surface area contributed by atoms with E-state index in [1.54, 1.807) is 0 Å². The Labute approximate surface area is 74.7 Å². The van der Waals surface area contributed by atoms with Gasteiger partial charge in [0, 0.05) is 19.6 Å². The number of aliphatic hydroxyl groups is 1. The third kappa shape index (κ3) is 7.98. The molecule has 0 aliphatic rings. The van der Waals surface area contributed by atoms with Crippen molar-refractivity contribution in [2.45, 2.75) is 46.0 Å². The van der Waals surface area contributed by atoms with E-state index in [1.807, 2.05) is 20.8 Å². The number of ether oxygens (including phenoxy) is 2. The Morgan fingerprint density at radius 2 is 1.92 bits per heavy atom. The van der Waals surface area contributed by atoms with E-state index in [0.29, 0.717) is 19.6 Å². The van der Waals surface area contributed by atoms with Crippen molar-refractivity contribution < 1.29 is 14.6 Å². The monoisotopic (exact) mass is 176 g/mol. The van der Waals surface area contributed by atoms with E-state index in [2.05, 4.69) is 0 Å². The minimum atomic E-state index is -0.620. The van der Waals surface area contributed by atoms with Crippen LogP contribution in [0.5, 0.6) is 0 Å². The second-order valence-corrected chi connectivity index (χ2v) is 2.97. The third-order valence-corrected chi connectivity index (χ3v) is 1.41. The van der Waals surface area contributed by atoms with Crippen molar-refractivity contribution in [3.05, 3.63) is 0 Å². The molecule has 3 nitrogen and oxygen atoms in total. The van der Waals surface area contributed by atoms with Crippen LogP contribution in [-0.2, 0) is 9.47 Å². The largest absolute Gasteiger partial charge is 0.379 e. The molecule has 0 aromatic heterocycles. The minimum absolute atomic E-state index is 0.272. The summed E-state index contributed by atoms with van der Waals surface area (Å²) in [5.41, 5.74) is 0. The van der Waals surface area contributed by atoms with Crippen molar-refractivity contribution in [3.63, 3.8) is 0 Å². The summed E-state index contributed by atoms with van der Waals surface area (Å²) in [7, 11) is 0. The molecule has 0 saturated heterocycles. The first-order chi connectivity index (χ1) is 5.66. The van der Waals surface area contributed by atoms with Gasteiger partial charge in [0.25, 0.3) is 0 Å². The van der Waals surface area contributed by atoms with Gasteiger partial charge in [-0.2, -0.15) is 0 Å². The summed E-state index contributed by atoms with van der Waals surface area (Å²) in [6.45, 7) is 7.12. The highest BCUT2D eigenvalue weighted by Gasteiger charge is 2.02. The highest BCUT2D eigenvalue weighted by molar-refractivity contribution is 4.44. The lowest BCUT2D eigenvalue weighted by Crippen LogP contribution is -2.13. The summed E-state index contributed by atoms with van der Waals surface area (Å²) in [6, 6.07) is 0. The second kappa shape index (κ2) is 7.53. The molecule has 0 aliphatic heterocycles. The fourth-order valence-electron chi connectivity index (χ4n) is 0.853. The number of hydrogen-bond acceptors (Lipinski definition) is 3. The molecule has 0 aromatic carbocycles. The Morgan fingerprint density at radius 3 is 2.42 bits per heavy atom. The van der Waals surface area contributed by atoms with Crippen molar-refractivity contribution in [1.82, 2.24) is 0 Å². The average molecular weight is 176 g/mol. The quantitative estimate of drug-likeness (QED) is 0.472. The van der Waals surface area contributed by atoms with E-state index in [1.165, 1.54) is 0 Å². The van der Waals surface area contributed by atoms with Crippen LogP contribution in [0.15, 0.2) is 0 Å². The van der Waals surface area contributed by atoms with Gasteiger partial charge in [-0.25, -0.2) is 0 Å². The van der Waals surface area contributed by atoms with Gasteiger partial charge in [-0.15, -0.1) is 0 Å². The molecule has 12 heavy (non-hydrogen) atoms. The molecule has 0 aromatic rings. The fourth-order valence-corrected chi connectivity index (χ4v) is 0.853. The lowest BCUT2D eigenvalue weighted by molar-refractivity contribution is -0.102. The lowest BCUT2D eigenvalue weighted by Gasteiger charge is -2.11. The zero-order valence-corrected chi connectivity index (χ0v) is 8.25. The highest BCUT2D eigenvalue weighted by atomic mass is 16.6. The van der Waals surface area contributed by atoms with Crippen molar-refractivity contribution in [1.29, 1.82) is 0 Å². The molecule has 0 aliphatic carbocycles. The summed E-state index contributed by atoms with van der Waals surface area (Å²) in [5, 5.41) is 9.14. The van der Waals surface area contributed by atoms with Gasteiger partial charge in [0.1, 0.15) is 0 Å². The van der Waals surface area contributed by atoms with Gasteiger partial charge in [0.05, 0.1) is 6.10 Å². The summed E-state index contributed by atoms with van der Waals surface area (Å²) >= 11 is 0. The molecule has 0 fully saturated rings. The standard InChI is InChI=1S/C9H20O3/c1-4-11-9(10)6-5-7-12-8(2)3/h8-10H,4-7H2,1-3H3. The second-order valence-electron chi connectivity index (χ2n) is 2.97. The summed E-state index contributed by atoms with van der Waals surface area (Å²) < 4.78 is 10.3. The average Bonchev–Trinajstić information content (AvgIpc) is 1.98. The SMILES string of the molecule is CCOC(O)CCCOC(C)C. The van der Waals surface area contributed by atoms with E-state index < -0.39 is 6.29 Å². The third-order valence-electron chi connectivity index (χ3n) is 1.41. The summed E-state index contributed by atoms with van der Waals surface area (Å²) in [6.07, 6.45) is 1.15. The maximum absolute atomic E-state index is 9.14. The smallest absolute Gasteiger partial charge is 0.154 e. The zero-order valence-electron chi connectivity index (χ0n) is 8.25.